The Morgan fingerprint density at radius 1 is 1.04 bits per heavy atom. The van der Waals surface area contributed by atoms with E-state index in [2.05, 4.69) is 14.8 Å². The van der Waals surface area contributed by atoms with Gasteiger partial charge in [0.05, 0.1) is 5.69 Å². The highest BCUT2D eigenvalue weighted by Gasteiger charge is 2.19. The van der Waals surface area contributed by atoms with Gasteiger partial charge in [-0.3, -0.25) is 19.3 Å². The van der Waals surface area contributed by atoms with Gasteiger partial charge in [0.2, 0.25) is 0 Å². The van der Waals surface area contributed by atoms with Gasteiger partial charge in [-0.05, 0) is 42.5 Å². The first-order valence-corrected chi connectivity index (χ1v) is 9.46. The lowest BCUT2D eigenvalue weighted by molar-refractivity contribution is 0.602. The van der Waals surface area contributed by atoms with Gasteiger partial charge in [-0.25, -0.2) is 8.42 Å². The highest BCUT2D eigenvalue weighted by molar-refractivity contribution is 7.93. The van der Waals surface area contributed by atoms with Crippen molar-refractivity contribution in [3.63, 3.8) is 0 Å². The first kappa shape index (κ1) is 16.5. The van der Waals surface area contributed by atoms with Gasteiger partial charge >= 0.3 is 0 Å². The Bertz CT molecular complexity index is 1250. The van der Waals surface area contributed by atoms with Crippen LogP contribution in [0.15, 0.2) is 70.6 Å². The third-order valence-corrected chi connectivity index (χ3v) is 5.55. The summed E-state index contributed by atoms with van der Waals surface area (Å²) < 4.78 is 29.5. The van der Waals surface area contributed by atoms with E-state index in [1.807, 2.05) is 0 Å². The molecule has 0 aliphatic rings. The largest absolute Gasteiger partial charge is 0.360 e. The number of nitrogens with one attached hydrogen (secondary N) is 3. The number of aromatic nitrogens is 3. The molecule has 0 atom stereocenters. The first-order valence-electron chi connectivity index (χ1n) is 7.60. The van der Waals surface area contributed by atoms with Crippen molar-refractivity contribution in [3.8, 4) is 5.69 Å². The molecule has 9 heteroatoms. The summed E-state index contributed by atoms with van der Waals surface area (Å²) in [4.78, 5) is 14.3. The lowest BCUT2D eigenvalue weighted by atomic mass is 10.2. The minimum atomic E-state index is -3.77. The van der Waals surface area contributed by atoms with E-state index in [0.29, 0.717) is 27.3 Å². The van der Waals surface area contributed by atoms with Gasteiger partial charge in [-0.15, -0.1) is 0 Å². The van der Waals surface area contributed by atoms with Crippen LogP contribution in [0.1, 0.15) is 0 Å². The topological polar surface area (TPSA) is 99.8 Å². The van der Waals surface area contributed by atoms with Crippen LogP contribution in [-0.2, 0) is 10.0 Å². The molecule has 26 heavy (non-hydrogen) atoms. The molecule has 3 N–H and O–H groups in total. The summed E-state index contributed by atoms with van der Waals surface area (Å²) in [5, 5.41) is 3.70. The maximum Gasteiger partial charge on any atom is 0.264 e. The van der Waals surface area contributed by atoms with Crippen LogP contribution in [0.2, 0.25) is 5.02 Å². The lowest BCUT2D eigenvalue weighted by Gasteiger charge is -2.08. The van der Waals surface area contributed by atoms with E-state index in [-0.39, 0.29) is 10.5 Å². The van der Waals surface area contributed by atoms with Crippen LogP contribution in [0.5, 0.6) is 0 Å². The Kier molecular flexibility index (Phi) is 3.86. The number of anilines is 1. The number of fused-ring (bicyclic) bond motifs is 1. The average Bonchev–Trinajstić information content (AvgIpc) is 3.21. The minimum Gasteiger partial charge on any atom is -0.360 e. The second-order valence-electron chi connectivity index (χ2n) is 5.66. The first-order chi connectivity index (χ1) is 12.4. The van der Waals surface area contributed by atoms with Crippen molar-refractivity contribution < 1.29 is 8.42 Å². The van der Waals surface area contributed by atoms with Crippen LogP contribution in [0.4, 0.5) is 5.69 Å². The van der Waals surface area contributed by atoms with Crippen LogP contribution in [0.25, 0.3) is 16.6 Å². The summed E-state index contributed by atoms with van der Waals surface area (Å²) in [7, 11) is -3.77. The number of nitrogens with zero attached hydrogens (tertiary/aromatic N) is 1. The molecule has 0 fully saturated rings. The molecule has 0 unspecified atom stereocenters. The fourth-order valence-corrected chi connectivity index (χ4v) is 4.09. The standard InChI is InChI=1S/C17H13ClN4O3S/c18-11-1-6-14-15(9-11)19-10-16(14)26(24,25)21-12-2-4-13(5-3-12)22-8-7-17(23)20-22/h1-10,19,21H,(H,20,23). The minimum absolute atomic E-state index is 0.142. The number of hydrogen-bond donors (Lipinski definition) is 3. The molecule has 7 nitrogen and oxygen atoms in total. The van der Waals surface area contributed by atoms with Gasteiger partial charge in [0.1, 0.15) is 4.90 Å². The fraction of sp³-hybridized carbons (Fsp3) is 0. The van der Waals surface area contributed by atoms with E-state index in [0.717, 1.165) is 0 Å². The molecule has 2 heterocycles. The van der Waals surface area contributed by atoms with E-state index in [1.165, 1.54) is 12.3 Å². The Balaban J connectivity index is 1.64. The average molecular weight is 389 g/mol. The van der Waals surface area contributed by atoms with Crippen LogP contribution < -0.4 is 10.3 Å². The van der Waals surface area contributed by atoms with Crippen LogP contribution in [-0.4, -0.2) is 23.2 Å². The molecule has 4 aromatic rings. The third kappa shape index (κ3) is 3.00. The monoisotopic (exact) mass is 388 g/mol. The Morgan fingerprint density at radius 2 is 1.81 bits per heavy atom. The maximum atomic E-state index is 12.7. The molecule has 0 bridgehead atoms. The van der Waals surface area contributed by atoms with Gasteiger partial charge in [0.15, 0.2) is 0 Å². The summed E-state index contributed by atoms with van der Waals surface area (Å²) in [6.07, 6.45) is 3.03. The molecule has 0 amide bonds. The van der Waals surface area contributed by atoms with Crippen molar-refractivity contribution in [1.29, 1.82) is 0 Å². The van der Waals surface area contributed by atoms with Gasteiger partial charge in [0, 0.05) is 40.1 Å². The normalized spacial score (nSPS) is 11.7. The number of halogens is 1. The van der Waals surface area contributed by atoms with E-state index in [1.54, 1.807) is 53.3 Å². The summed E-state index contributed by atoms with van der Waals surface area (Å²) in [5.41, 5.74) is 1.54. The number of benzene rings is 2. The lowest BCUT2D eigenvalue weighted by Crippen LogP contribution is -2.12. The number of H-pyrrole nitrogens is 2. The molecular weight excluding hydrogens is 376 g/mol. The van der Waals surface area contributed by atoms with Crippen LogP contribution in [0, 0.1) is 0 Å². The molecular formula is C17H13ClN4O3S. The van der Waals surface area contributed by atoms with Gasteiger partial charge < -0.3 is 4.98 Å². The van der Waals surface area contributed by atoms with Gasteiger partial charge in [-0.2, -0.15) is 0 Å². The van der Waals surface area contributed by atoms with Gasteiger partial charge in [-0.1, -0.05) is 11.6 Å². The number of hydrogen-bond acceptors (Lipinski definition) is 3. The molecule has 0 radical (unpaired) electrons. The Hall–Kier alpha value is -2.97. The smallest absolute Gasteiger partial charge is 0.264 e. The summed E-state index contributed by atoms with van der Waals surface area (Å²) in [5.74, 6) is 0. The SMILES string of the molecule is O=c1ccn(-c2ccc(NS(=O)(=O)c3c[nH]c4cc(Cl)ccc34)cc2)[nH]1. The van der Waals surface area contributed by atoms with E-state index < -0.39 is 10.0 Å². The molecule has 0 saturated carbocycles. The highest BCUT2D eigenvalue weighted by atomic mass is 35.5. The molecule has 2 aromatic carbocycles. The fourth-order valence-electron chi connectivity index (χ4n) is 2.68. The second-order valence-corrected chi connectivity index (χ2v) is 7.74. The number of aromatic amines is 2. The maximum absolute atomic E-state index is 12.7. The predicted octanol–water partition coefficient (Wildman–Crippen LogP) is 3.10. The summed E-state index contributed by atoms with van der Waals surface area (Å²) >= 11 is 5.93. The molecule has 0 spiro atoms. The molecule has 0 aliphatic heterocycles. The second kappa shape index (κ2) is 6.08. The Morgan fingerprint density at radius 3 is 2.50 bits per heavy atom. The van der Waals surface area contributed by atoms with E-state index in [9.17, 15) is 13.2 Å². The van der Waals surface area contributed by atoms with Crippen LogP contribution in [0.3, 0.4) is 0 Å². The highest BCUT2D eigenvalue weighted by Crippen LogP contribution is 2.27. The van der Waals surface area contributed by atoms with Crippen molar-refractivity contribution in [2.45, 2.75) is 4.90 Å². The third-order valence-electron chi connectivity index (χ3n) is 3.90. The quantitative estimate of drug-likeness (QED) is 0.500. The van der Waals surface area contributed by atoms with Crippen molar-refractivity contribution in [2.75, 3.05) is 4.72 Å². The van der Waals surface area contributed by atoms with Crippen molar-refractivity contribution in [3.05, 3.63) is 76.3 Å². The molecule has 4 rings (SSSR count). The van der Waals surface area contributed by atoms with Crippen molar-refractivity contribution >= 4 is 38.2 Å². The summed E-state index contributed by atoms with van der Waals surface area (Å²) in [6, 6.07) is 13.0. The predicted molar refractivity (Wildman–Crippen MR) is 101 cm³/mol. The van der Waals surface area contributed by atoms with E-state index >= 15 is 0 Å². The van der Waals surface area contributed by atoms with Gasteiger partial charge in [0.25, 0.3) is 15.6 Å². The molecule has 2 aromatic heterocycles. The zero-order valence-corrected chi connectivity index (χ0v) is 14.8. The number of rotatable bonds is 4. The number of sulfonamides is 1. The van der Waals surface area contributed by atoms with E-state index in [4.69, 9.17) is 11.6 Å². The van der Waals surface area contributed by atoms with Crippen LogP contribution >= 0.6 is 11.6 Å². The van der Waals surface area contributed by atoms with Crippen molar-refractivity contribution in [1.82, 2.24) is 14.8 Å². The summed E-state index contributed by atoms with van der Waals surface area (Å²) in [6.45, 7) is 0. The molecule has 0 saturated heterocycles. The molecule has 0 aliphatic carbocycles. The molecule has 132 valence electrons. The van der Waals surface area contributed by atoms with Crippen molar-refractivity contribution in [2.24, 2.45) is 0 Å². The zero-order valence-electron chi connectivity index (χ0n) is 13.2. The Labute approximate surface area is 153 Å². The zero-order chi connectivity index (χ0) is 18.3.